The molecule has 0 saturated heterocycles. The van der Waals surface area contributed by atoms with Crippen LogP contribution in [0.3, 0.4) is 0 Å². The normalized spacial score (nSPS) is 13.7. The van der Waals surface area contributed by atoms with Gasteiger partial charge in [-0.25, -0.2) is 0 Å². The molecule has 0 unspecified atom stereocenters. The van der Waals surface area contributed by atoms with Crippen LogP contribution in [0.5, 0.6) is 0 Å². The van der Waals surface area contributed by atoms with E-state index in [2.05, 4.69) is 235 Å². The van der Waals surface area contributed by atoms with Crippen molar-refractivity contribution in [2.24, 2.45) is 11.5 Å². The van der Waals surface area contributed by atoms with Crippen LogP contribution in [-0.4, -0.2) is 12.8 Å². The number of hydrogen-bond acceptors (Lipinski definition) is 6. The Hall–Kier alpha value is -8.40. The summed E-state index contributed by atoms with van der Waals surface area (Å²) in [4.78, 5) is 4.58. The summed E-state index contributed by atoms with van der Waals surface area (Å²) in [5, 5.41) is 8.70. The molecule has 1 aliphatic heterocycles. The van der Waals surface area contributed by atoms with Crippen LogP contribution in [0.1, 0.15) is 0 Å². The number of benzene rings is 9. The number of halogens is 1. The quantitative estimate of drug-likeness (QED) is 0.0905. The van der Waals surface area contributed by atoms with Gasteiger partial charge in [0.15, 0.2) is 0 Å². The summed E-state index contributed by atoms with van der Waals surface area (Å²) in [5.41, 5.74) is 16.3. The second kappa shape index (κ2) is 19.4. The van der Waals surface area contributed by atoms with Crippen LogP contribution in [0.4, 0.5) is 39.8 Å². The number of hydrogen-bond donors (Lipinski definition) is 0. The van der Waals surface area contributed by atoms with Gasteiger partial charge in [-0.1, -0.05) is 79.4 Å². The molecule has 1 aliphatic carbocycles. The SMILES string of the molecule is C=C1C=CC=C/C1=N/N(C)c1ccc(N(c2ccccc2)c2ccc(-c3ccc(-c4ccc(-c5ccc(N(c6ccccc6)c6ccc(I7N=c8ccccc8=N7)cc6)cc5)cc4)cc3)cc2)cc1. The van der Waals surface area contributed by atoms with Gasteiger partial charge in [-0.15, -0.1) is 0 Å². The topological polar surface area (TPSA) is 46.8 Å². The smallest absolute Gasteiger partial charge is 0.0538 e. The third-order valence-electron chi connectivity index (χ3n) is 12.3. The zero-order valence-corrected chi connectivity index (χ0v) is 40.2. The molecule has 0 atom stereocenters. The fourth-order valence-electron chi connectivity index (χ4n) is 8.61. The molecule has 0 aromatic heterocycles. The molecule has 2 aliphatic rings. The molecule has 332 valence electrons. The number of allylic oxidation sites excluding steroid dienone is 5. The van der Waals surface area contributed by atoms with Gasteiger partial charge >= 0.3 is 202 Å². The molecule has 9 aromatic rings. The molecule has 7 heteroatoms. The van der Waals surface area contributed by atoms with Crippen molar-refractivity contribution in [2.45, 2.75) is 0 Å². The number of para-hydroxylation sites is 2. The molecule has 0 radical (unpaired) electrons. The predicted molar refractivity (Wildman–Crippen MR) is 297 cm³/mol. The van der Waals surface area contributed by atoms with Gasteiger partial charge in [-0.3, -0.25) is 5.01 Å². The Labute approximate surface area is 411 Å². The first kappa shape index (κ1) is 43.2. The third kappa shape index (κ3) is 9.33. The Kier molecular flexibility index (Phi) is 12.2. The molecule has 0 amide bonds. The van der Waals surface area contributed by atoms with Crippen LogP contribution in [0.2, 0.25) is 0 Å². The van der Waals surface area contributed by atoms with Gasteiger partial charge in [0, 0.05) is 24.1 Å². The van der Waals surface area contributed by atoms with E-state index >= 15 is 0 Å². The van der Waals surface area contributed by atoms with Gasteiger partial charge in [-0.05, 0) is 82.4 Å². The van der Waals surface area contributed by atoms with Crippen LogP contribution in [0.15, 0.2) is 278 Å². The first-order valence-electron chi connectivity index (χ1n) is 22.9. The molecule has 0 spiro atoms. The summed E-state index contributed by atoms with van der Waals surface area (Å²) < 4.78 is 11.2. The molecule has 9 aromatic carbocycles. The van der Waals surface area contributed by atoms with Crippen LogP contribution in [0.25, 0.3) is 33.4 Å². The van der Waals surface area contributed by atoms with Crippen molar-refractivity contribution in [2.75, 3.05) is 21.9 Å². The number of rotatable bonds is 12. The van der Waals surface area contributed by atoms with E-state index in [0.29, 0.717) is 0 Å². The fourth-order valence-corrected chi connectivity index (χ4v) is 12.1. The first-order chi connectivity index (χ1) is 34.0. The minimum Gasteiger partial charge on any atom is -0.0538 e. The van der Waals surface area contributed by atoms with E-state index in [-0.39, 0.29) is 0 Å². The third-order valence-corrected chi connectivity index (χ3v) is 16.1. The average molecular weight is 1000 g/mol. The molecule has 0 bridgehead atoms. The molecule has 0 N–H and O–H groups in total. The summed E-state index contributed by atoms with van der Waals surface area (Å²) in [5.74, 6) is 0. The van der Waals surface area contributed by atoms with E-state index < -0.39 is 20.4 Å². The van der Waals surface area contributed by atoms with Gasteiger partial charge in [0.1, 0.15) is 0 Å². The predicted octanol–water partition coefficient (Wildman–Crippen LogP) is 15.6. The first-order valence-corrected chi connectivity index (χ1v) is 25.9. The van der Waals surface area contributed by atoms with Crippen LogP contribution in [-0.2, 0) is 0 Å². The van der Waals surface area contributed by atoms with Crippen molar-refractivity contribution in [3.8, 4) is 33.4 Å². The fraction of sp³-hybridized carbons (Fsp3) is 0.0161. The summed E-state index contributed by atoms with van der Waals surface area (Å²) in [6, 6.07) is 81.9. The van der Waals surface area contributed by atoms with Crippen LogP contribution >= 0.6 is 20.4 Å². The average Bonchev–Trinajstić information content (AvgIpc) is 3.86. The van der Waals surface area contributed by atoms with E-state index in [1.807, 2.05) is 48.5 Å². The molecule has 1 heterocycles. The van der Waals surface area contributed by atoms with E-state index in [4.69, 9.17) is 11.5 Å². The van der Waals surface area contributed by atoms with Gasteiger partial charge in [0.25, 0.3) is 0 Å². The summed E-state index contributed by atoms with van der Waals surface area (Å²) >= 11 is -2.02. The minimum atomic E-state index is -2.02. The van der Waals surface area contributed by atoms with E-state index in [1.165, 1.54) is 31.4 Å². The number of fused-ring (bicyclic) bond motifs is 1. The van der Waals surface area contributed by atoms with Gasteiger partial charge in [0.2, 0.25) is 0 Å². The van der Waals surface area contributed by atoms with Crippen LogP contribution < -0.4 is 25.5 Å². The van der Waals surface area contributed by atoms with Gasteiger partial charge in [0.05, 0.1) is 11.4 Å². The Morgan fingerprint density at radius 2 is 0.681 bits per heavy atom. The monoisotopic (exact) mass is 1000 g/mol. The second-order valence-corrected chi connectivity index (χ2v) is 20.3. The summed E-state index contributed by atoms with van der Waals surface area (Å²) in [6.45, 7) is 4.12. The Morgan fingerprint density at radius 3 is 1.09 bits per heavy atom. The minimum absolute atomic E-state index is 0.852. The standard InChI is InChI=1S/C62H47IN6/c1-45-13-9-10-18-60(45)66-67(2)53-41-43-59(44-42-53)69(55-16-7-4-8-17-55)57-37-31-51(32-38-57)49-27-23-47(24-28-49)46-21-25-48(26-22-46)50-29-35-56(36-30-50)68(54-14-5-3-6-15-54)58-39-33-52(34-40-58)63-64-61-19-11-12-20-62(61)65-63/h3-44H,1H2,2H3/b66-60-. The number of nitrogens with zero attached hydrogens (tertiary/aromatic N) is 6. The van der Waals surface area contributed by atoms with Gasteiger partial charge in [-0.2, -0.15) is 5.10 Å². The molecule has 69 heavy (non-hydrogen) atoms. The number of hydrazone groups is 1. The van der Waals surface area contributed by atoms with Crippen molar-refractivity contribution in [1.29, 1.82) is 0 Å². The maximum atomic E-state index is 4.99. The van der Waals surface area contributed by atoms with Crippen LogP contribution in [0, 0.1) is 3.57 Å². The van der Waals surface area contributed by atoms with E-state index in [9.17, 15) is 0 Å². The Morgan fingerprint density at radius 1 is 0.362 bits per heavy atom. The maximum absolute atomic E-state index is 4.99. The zero-order chi connectivity index (χ0) is 46.5. The van der Waals surface area contributed by atoms with Crippen molar-refractivity contribution in [3.63, 3.8) is 0 Å². The summed E-state index contributed by atoms with van der Waals surface area (Å²) in [6.07, 6.45) is 7.91. The molecule has 0 saturated carbocycles. The Balaban J connectivity index is 0.776. The molecular formula is C62H47IN6. The molecular weight excluding hydrogens is 956 g/mol. The molecule has 0 fully saturated rings. The van der Waals surface area contributed by atoms with Crippen molar-refractivity contribution < 1.29 is 0 Å². The number of anilines is 7. The second-order valence-electron chi connectivity index (χ2n) is 16.7. The van der Waals surface area contributed by atoms with Crippen molar-refractivity contribution in [3.05, 3.63) is 281 Å². The Bertz CT molecular complexity index is 3440. The zero-order valence-electron chi connectivity index (χ0n) is 38.0. The van der Waals surface area contributed by atoms with E-state index in [0.717, 1.165) is 67.4 Å². The molecule has 6 nitrogen and oxygen atoms in total. The molecule has 11 rings (SSSR count). The van der Waals surface area contributed by atoms with E-state index in [1.54, 1.807) is 0 Å². The van der Waals surface area contributed by atoms with Gasteiger partial charge < -0.3 is 4.90 Å². The summed E-state index contributed by atoms with van der Waals surface area (Å²) in [7, 11) is 1.96. The van der Waals surface area contributed by atoms with Crippen molar-refractivity contribution in [1.82, 2.24) is 0 Å². The van der Waals surface area contributed by atoms with Crippen molar-refractivity contribution >= 4 is 65.9 Å².